The van der Waals surface area contributed by atoms with E-state index in [-0.39, 0.29) is 24.8 Å². The highest BCUT2D eigenvalue weighted by atomic mass is 32.2. The first-order valence-electron chi connectivity index (χ1n) is 9.40. The van der Waals surface area contributed by atoms with Crippen molar-refractivity contribution in [2.45, 2.75) is 11.4 Å². The van der Waals surface area contributed by atoms with E-state index in [4.69, 9.17) is 4.74 Å². The minimum atomic E-state index is -1.16. The maximum absolute atomic E-state index is 12.6. The number of fused-ring (bicyclic) bond motifs is 2. The van der Waals surface area contributed by atoms with Gasteiger partial charge in [0.1, 0.15) is 17.1 Å². The summed E-state index contributed by atoms with van der Waals surface area (Å²) in [6, 6.07) is 13.0. The molecular formula is C21H21N3O5S. The van der Waals surface area contributed by atoms with Crippen molar-refractivity contribution in [3.8, 4) is 0 Å². The SMILES string of the molecule is COCC1=C(C(=O)O)N2C(=O)C(NC(=O)CNc3ccc4ccccc4c3)[C@@H]2SC1. The van der Waals surface area contributed by atoms with Gasteiger partial charge in [0.15, 0.2) is 0 Å². The van der Waals surface area contributed by atoms with Gasteiger partial charge in [-0.3, -0.25) is 14.5 Å². The van der Waals surface area contributed by atoms with Crippen LogP contribution in [0.15, 0.2) is 53.7 Å². The summed E-state index contributed by atoms with van der Waals surface area (Å²) in [6.07, 6.45) is 0. The van der Waals surface area contributed by atoms with E-state index < -0.39 is 23.3 Å². The number of benzene rings is 2. The largest absolute Gasteiger partial charge is 0.477 e. The van der Waals surface area contributed by atoms with Crippen molar-refractivity contribution < 1.29 is 24.2 Å². The number of carboxylic acid groups (broad SMARTS) is 1. The number of β-lactam (4-membered cyclic amide) rings is 1. The molecule has 2 heterocycles. The fourth-order valence-electron chi connectivity index (χ4n) is 3.67. The fourth-order valence-corrected chi connectivity index (χ4v) is 5.00. The summed E-state index contributed by atoms with van der Waals surface area (Å²) >= 11 is 1.42. The number of hydrogen-bond acceptors (Lipinski definition) is 6. The summed E-state index contributed by atoms with van der Waals surface area (Å²) < 4.78 is 5.05. The number of methoxy groups -OCH3 is 1. The van der Waals surface area contributed by atoms with Crippen molar-refractivity contribution in [1.29, 1.82) is 0 Å². The van der Waals surface area contributed by atoms with E-state index in [1.165, 1.54) is 23.8 Å². The van der Waals surface area contributed by atoms with E-state index in [2.05, 4.69) is 10.6 Å². The van der Waals surface area contributed by atoms with Gasteiger partial charge in [-0.05, 0) is 28.5 Å². The predicted molar refractivity (Wildman–Crippen MR) is 114 cm³/mol. The third-order valence-electron chi connectivity index (χ3n) is 5.09. The number of carbonyl (C=O) groups is 3. The van der Waals surface area contributed by atoms with Crippen LogP contribution in [0.3, 0.4) is 0 Å². The maximum atomic E-state index is 12.6. The van der Waals surface area contributed by atoms with Crippen molar-refractivity contribution in [3.05, 3.63) is 53.7 Å². The Kier molecular flexibility index (Phi) is 5.65. The Hall–Kier alpha value is -3.04. The molecule has 0 aromatic heterocycles. The maximum Gasteiger partial charge on any atom is 0.352 e. The van der Waals surface area contributed by atoms with Gasteiger partial charge < -0.3 is 20.5 Å². The molecule has 0 saturated carbocycles. The Balaban J connectivity index is 1.37. The van der Waals surface area contributed by atoms with Gasteiger partial charge in [0.2, 0.25) is 5.91 Å². The van der Waals surface area contributed by atoms with Crippen molar-refractivity contribution in [3.63, 3.8) is 0 Å². The van der Waals surface area contributed by atoms with Gasteiger partial charge >= 0.3 is 5.97 Å². The molecule has 2 atom stereocenters. The topological polar surface area (TPSA) is 108 Å². The number of rotatable bonds is 7. The first-order chi connectivity index (χ1) is 14.5. The van der Waals surface area contributed by atoms with Gasteiger partial charge in [0.05, 0.1) is 13.2 Å². The van der Waals surface area contributed by atoms with Gasteiger partial charge in [-0.15, -0.1) is 11.8 Å². The Labute approximate surface area is 177 Å². The van der Waals surface area contributed by atoms with Gasteiger partial charge in [-0.1, -0.05) is 30.3 Å². The molecule has 2 aliphatic rings. The number of carboxylic acids is 1. The molecule has 3 N–H and O–H groups in total. The van der Waals surface area contributed by atoms with Crippen LogP contribution in [-0.4, -0.2) is 65.2 Å². The lowest BCUT2D eigenvalue weighted by atomic mass is 10.0. The lowest BCUT2D eigenvalue weighted by molar-refractivity contribution is -0.150. The van der Waals surface area contributed by atoms with Gasteiger partial charge in [-0.2, -0.15) is 0 Å². The summed E-state index contributed by atoms with van der Waals surface area (Å²) in [5, 5.41) is 17.0. The Morgan fingerprint density at radius 3 is 2.73 bits per heavy atom. The number of ether oxygens (including phenoxy) is 1. The van der Waals surface area contributed by atoms with Crippen LogP contribution < -0.4 is 10.6 Å². The predicted octanol–water partition coefficient (Wildman–Crippen LogP) is 1.64. The molecule has 8 nitrogen and oxygen atoms in total. The molecule has 1 unspecified atom stereocenters. The second-order valence-corrected chi connectivity index (χ2v) is 8.17. The summed E-state index contributed by atoms with van der Waals surface area (Å²) in [4.78, 5) is 37.8. The summed E-state index contributed by atoms with van der Waals surface area (Å²) in [5.74, 6) is -1.47. The number of nitrogens with zero attached hydrogens (tertiary/aromatic N) is 1. The molecule has 2 aliphatic heterocycles. The van der Waals surface area contributed by atoms with E-state index >= 15 is 0 Å². The standard InChI is InChI=1S/C21H21N3O5S/c1-29-10-14-11-30-20-17(19(26)24(20)18(14)21(27)28)23-16(25)9-22-15-7-6-12-4-2-3-5-13(12)8-15/h2-8,17,20,22H,9-11H2,1H3,(H,23,25)(H,27,28)/t17?,20-/m0/s1. The van der Waals surface area contributed by atoms with Crippen molar-refractivity contribution in [2.24, 2.45) is 0 Å². The fraction of sp³-hybridized carbons (Fsp3) is 0.286. The number of amides is 2. The Morgan fingerprint density at radius 2 is 2.00 bits per heavy atom. The molecule has 0 aliphatic carbocycles. The third kappa shape index (κ3) is 3.73. The Bertz CT molecular complexity index is 1050. The van der Waals surface area contributed by atoms with E-state index in [9.17, 15) is 19.5 Å². The van der Waals surface area contributed by atoms with Crippen LogP contribution >= 0.6 is 11.8 Å². The second-order valence-electron chi connectivity index (χ2n) is 7.06. The van der Waals surface area contributed by atoms with Crippen molar-refractivity contribution in [2.75, 3.05) is 31.3 Å². The molecule has 30 heavy (non-hydrogen) atoms. The van der Waals surface area contributed by atoms with Gasteiger partial charge in [0, 0.05) is 18.6 Å². The highest BCUT2D eigenvalue weighted by molar-refractivity contribution is 8.00. The van der Waals surface area contributed by atoms with Gasteiger partial charge in [0.25, 0.3) is 5.91 Å². The van der Waals surface area contributed by atoms with Crippen LogP contribution in [0.2, 0.25) is 0 Å². The minimum Gasteiger partial charge on any atom is -0.477 e. The van der Waals surface area contributed by atoms with E-state index in [1.54, 1.807) is 0 Å². The number of anilines is 1. The van der Waals surface area contributed by atoms with Crippen molar-refractivity contribution >= 4 is 46.0 Å². The number of nitrogens with one attached hydrogen (secondary N) is 2. The lowest BCUT2D eigenvalue weighted by Gasteiger charge is -2.49. The van der Waals surface area contributed by atoms with E-state index in [0.717, 1.165) is 16.5 Å². The molecule has 2 aromatic rings. The number of hydrogen-bond donors (Lipinski definition) is 3. The van der Waals surface area contributed by atoms with Crippen LogP contribution in [0.1, 0.15) is 0 Å². The van der Waals surface area contributed by atoms with E-state index in [0.29, 0.717) is 11.3 Å². The quantitative estimate of drug-likeness (QED) is 0.577. The average Bonchev–Trinajstić information content (AvgIpc) is 2.75. The number of carbonyl (C=O) groups excluding carboxylic acids is 2. The van der Waals surface area contributed by atoms with Crippen LogP contribution in [-0.2, 0) is 19.1 Å². The first kappa shape index (κ1) is 20.2. The normalized spacial score (nSPS) is 20.6. The Morgan fingerprint density at radius 1 is 1.23 bits per heavy atom. The molecule has 2 amide bonds. The zero-order valence-corrected chi connectivity index (χ0v) is 17.1. The molecule has 2 aromatic carbocycles. The zero-order chi connectivity index (χ0) is 21.3. The molecule has 9 heteroatoms. The first-order valence-corrected chi connectivity index (χ1v) is 10.5. The monoisotopic (exact) mass is 427 g/mol. The molecule has 1 saturated heterocycles. The second kappa shape index (κ2) is 8.37. The molecule has 156 valence electrons. The summed E-state index contributed by atoms with van der Waals surface area (Å²) in [5.41, 5.74) is 1.32. The van der Waals surface area contributed by atoms with Crippen LogP contribution in [0.4, 0.5) is 5.69 Å². The molecule has 0 bridgehead atoms. The molecule has 0 radical (unpaired) electrons. The number of thioether (sulfide) groups is 1. The van der Waals surface area contributed by atoms with Crippen LogP contribution in [0.5, 0.6) is 0 Å². The van der Waals surface area contributed by atoms with E-state index in [1.807, 2.05) is 42.5 Å². The molecular weight excluding hydrogens is 406 g/mol. The molecule has 4 rings (SSSR count). The minimum absolute atomic E-state index is 0.00998. The highest BCUT2D eigenvalue weighted by Gasteiger charge is 2.54. The number of aliphatic carboxylic acids is 1. The molecule has 0 spiro atoms. The highest BCUT2D eigenvalue weighted by Crippen LogP contribution is 2.40. The smallest absolute Gasteiger partial charge is 0.352 e. The summed E-state index contributed by atoms with van der Waals surface area (Å²) in [7, 11) is 1.48. The third-order valence-corrected chi connectivity index (χ3v) is 6.43. The van der Waals surface area contributed by atoms with Crippen molar-refractivity contribution in [1.82, 2.24) is 10.2 Å². The van der Waals surface area contributed by atoms with Gasteiger partial charge in [-0.25, -0.2) is 4.79 Å². The molecule has 1 fully saturated rings. The average molecular weight is 427 g/mol. The summed E-state index contributed by atoms with van der Waals surface area (Å²) in [6.45, 7) is 0.161. The lowest BCUT2D eigenvalue weighted by Crippen LogP contribution is -2.71. The van der Waals surface area contributed by atoms with Crippen LogP contribution in [0, 0.1) is 0 Å². The van der Waals surface area contributed by atoms with Crippen LogP contribution in [0.25, 0.3) is 10.8 Å². The zero-order valence-electron chi connectivity index (χ0n) is 16.3.